The third kappa shape index (κ3) is 9.09. The second-order valence-corrected chi connectivity index (χ2v) is 7.23. The smallest absolute Gasteiger partial charge is 0.236 e. The zero-order chi connectivity index (χ0) is 20.4. The minimum Gasteiger partial charge on any atom is -0.508 e. The number of hydrogen-bond acceptors (Lipinski definition) is 6. The molecular formula is C18H25N3O5S. The van der Waals surface area contributed by atoms with E-state index in [-0.39, 0.29) is 41.6 Å². The van der Waals surface area contributed by atoms with Gasteiger partial charge in [-0.3, -0.25) is 19.2 Å². The fourth-order valence-electron chi connectivity index (χ4n) is 2.15. The van der Waals surface area contributed by atoms with Crippen molar-refractivity contribution in [3.8, 4) is 5.75 Å². The van der Waals surface area contributed by atoms with Crippen molar-refractivity contribution in [3.05, 3.63) is 29.8 Å². The van der Waals surface area contributed by atoms with Gasteiger partial charge in [0.15, 0.2) is 5.78 Å². The molecule has 1 aromatic rings. The Morgan fingerprint density at radius 2 is 1.81 bits per heavy atom. The van der Waals surface area contributed by atoms with Crippen LogP contribution in [0.15, 0.2) is 24.3 Å². The van der Waals surface area contributed by atoms with Gasteiger partial charge in [-0.05, 0) is 31.0 Å². The number of thioether (sulfide) groups is 1. The number of Topliss-reactive ketones (excluding diaryl/α,β-unsaturated/α-hetero) is 1. The van der Waals surface area contributed by atoms with Crippen LogP contribution in [0.25, 0.3) is 0 Å². The Hall–Kier alpha value is -2.55. The molecule has 9 heteroatoms. The number of phenolic OH excluding ortho intramolecular Hbond substituents is 1. The molecule has 1 aromatic carbocycles. The predicted octanol–water partition coefficient (Wildman–Crippen LogP) is -0.0207. The van der Waals surface area contributed by atoms with Crippen molar-refractivity contribution in [2.45, 2.75) is 26.3 Å². The summed E-state index contributed by atoms with van der Waals surface area (Å²) < 4.78 is 0. The standard InChI is InChI=1S/C18H25N3O5S/c1-11(18(26)20-8-16(19)24)9-27-10-17(25)21-15(12(2)22)7-13-3-5-14(23)6-4-13/h3-6,11,15,23H,7-10H2,1-2H3,(H2,19,24)(H,20,26)(H,21,25). The van der Waals surface area contributed by atoms with Crippen molar-refractivity contribution in [2.75, 3.05) is 18.1 Å². The van der Waals surface area contributed by atoms with Crippen LogP contribution < -0.4 is 16.4 Å². The number of carbonyl (C=O) groups excluding carboxylic acids is 4. The molecule has 0 aliphatic heterocycles. The minimum absolute atomic E-state index is 0.104. The van der Waals surface area contributed by atoms with E-state index in [4.69, 9.17) is 5.73 Å². The van der Waals surface area contributed by atoms with Gasteiger partial charge in [-0.2, -0.15) is 11.8 Å². The number of benzene rings is 1. The molecule has 0 saturated carbocycles. The number of hydrogen-bond donors (Lipinski definition) is 4. The van der Waals surface area contributed by atoms with Gasteiger partial charge in [-0.15, -0.1) is 0 Å². The molecule has 0 aliphatic rings. The molecule has 0 aromatic heterocycles. The first-order chi connectivity index (χ1) is 12.7. The molecule has 148 valence electrons. The van der Waals surface area contributed by atoms with Gasteiger partial charge in [-0.1, -0.05) is 19.1 Å². The van der Waals surface area contributed by atoms with Crippen LogP contribution in [0.1, 0.15) is 19.4 Å². The van der Waals surface area contributed by atoms with Crippen molar-refractivity contribution in [1.82, 2.24) is 10.6 Å². The van der Waals surface area contributed by atoms with Gasteiger partial charge in [0.2, 0.25) is 17.7 Å². The molecular weight excluding hydrogens is 370 g/mol. The highest BCUT2D eigenvalue weighted by atomic mass is 32.2. The lowest BCUT2D eigenvalue weighted by Gasteiger charge is -2.16. The van der Waals surface area contributed by atoms with Gasteiger partial charge in [-0.25, -0.2) is 0 Å². The summed E-state index contributed by atoms with van der Waals surface area (Å²) in [6.07, 6.45) is 0.331. The van der Waals surface area contributed by atoms with Crippen molar-refractivity contribution in [3.63, 3.8) is 0 Å². The van der Waals surface area contributed by atoms with Gasteiger partial charge in [0, 0.05) is 11.7 Å². The summed E-state index contributed by atoms with van der Waals surface area (Å²) in [6, 6.07) is 5.78. The van der Waals surface area contributed by atoms with E-state index < -0.39 is 11.9 Å². The topological polar surface area (TPSA) is 139 Å². The zero-order valence-electron chi connectivity index (χ0n) is 15.4. The van der Waals surface area contributed by atoms with Crippen LogP contribution in [-0.4, -0.2) is 52.7 Å². The van der Waals surface area contributed by atoms with E-state index in [1.165, 1.54) is 30.8 Å². The first-order valence-electron chi connectivity index (χ1n) is 8.40. The number of amides is 3. The number of nitrogens with two attached hydrogens (primary N) is 1. The number of aromatic hydroxyl groups is 1. The van der Waals surface area contributed by atoms with E-state index in [1.807, 2.05) is 0 Å². The van der Waals surface area contributed by atoms with Crippen LogP contribution in [0.4, 0.5) is 0 Å². The normalized spacial score (nSPS) is 12.7. The quantitative estimate of drug-likeness (QED) is 0.415. The zero-order valence-corrected chi connectivity index (χ0v) is 16.2. The van der Waals surface area contributed by atoms with E-state index >= 15 is 0 Å². The van der Waals surface area contributed by atoms with Crippen molar-refractivity contribution in [1.29, 1.82) is 0 Å². The van der Waals surface area contributed by atoms with E-state index in [0.29, 0.717) is 12.2 Å². The van der Waals surface area contributed by atoms with Crippen LogP contribution in [0.5, 0.6) is 5.75 Å². The molecule has 0 heterocycles. The third-order valence-corrected chi connectivity index (χ3v) is 4.89. The lowest BCUT2D eigenvalue weighted by Crippen LogP contribution is -2.42. The van der Waals surface area contributed by atoms with Crippen LogP contribution in [0, 0.1) is 5.92 Å². The fraction of sp³-hybridized carbons (Fsp3) is 0.444. The molecule has 27 heavy (non-hydrogen) atoms. The average molecular weight is 395 g/mol. The number of ketones is 1. The Kier molecular flexibility index (Phi) is 9.35. The Morgan fingerprint density at radius 1 is 1.19 bits per heavy atom. The Balaban J connectivity index is 2.41. The maximum absolute atomic E-state index is 12.1. The molecule has 2 unspecified atom stereocenters. The molecule has 0 bridgehead atoms. The molecule has 0 saturated heterocycles. The fourth-order valence-corrected chi connectivity index (χ4v) is 3.04. The number of carbonyl (C=O) groups is 4. The summed E-state index contributed by atoms with van der Waals surface area (Å²) in [4.78, 5) is 46.2. The number of phenols is 1. The van der Waals surface area contributed by atoms with E-state index in [2.05, 4.69) is 10.6 Å². The van der Waals surface area contributed by atoms with Gasteiger partial charge in [0.25, 0.3) is 0 Å². The summed E-state index contributed by atoms with van der Waals surface area (Å²) in [7, 11) is 0. The number of primary amides is 1. The molecule has 0 fully saturated rings. The van der Waals surface area contributed by atoms with Crippen LogP contribution in [-0.2, 0) is 25.6 Å². The highest BCUT2D eigenvalue weighted by Gasteiger charge is 2.19. The first-order valence-corrected chi connectivity index (χ1v) is 9.56. The lowest BCUT2D eigenvalue weighted by molar-refractivity contribution is -0.126. The van der Waals surface area contributed by atoms with E-state index in [0.717, 1.165) is 5.56 Å². The highest BCUT2D eigenvalue weighted by molar-refractivity contribution is 7.99. The van der Waals surface area contributed by atoms with Crippen molar-refractivity contribution < 1.29 is 24.3 Å². The molecule has 0 aliphatic carbocycles. The third-order valence-electron chi connectivity index (χ3n) is 3.69. The highest BCUT2D eigenvalue weighted by Crippen LogP contribution is 2.12. The SMILES string of the molecule is CC(=O)C(Cc1ccc(O)cc1)NC(=O)CSCC(C)C(=O)NCC(N)=O. The molecule has 8 nitrogen and oxygen atoms in total. The Bertz CT molecular complexity index is 678. The molecule has 0 spiro atoms. The van der Waals surface area contributed by atoms with Crippen LogP contribution >= 0.6 is 11.8 Å². The largest absolute Gasteiger partial charge is 0.508 e. The van der Waals surface area contributed by atoms with E-state index in [1.54, 1.807) is 19.1 Å². The Labute approximate surface area is 162 Å². The monoisotopic (exact) mass is 395 g/mol. The predicted molar refractivity (Wildman–Crippen MR) is 103 cm³/mol. The lowest BCUT2D eigenvalue weighted by atomic mass is 10.0. The second kappa shape index (κ2) is 11.2. The van der Waals surface area contributed by atoms with Crippen molar-refractivity contribution in [2.24, 2.45) is 11.7 Å². The van der Waals surface area contributed by atoms with Gasteiger partial charge in [0.1, 0.15) is 5.75 Å². The molecule has 1 rings (SSSR count). The summed E-state index contributed by atoms with van der Waals surface area (Å²) >= 11 is 1.26. The van der Waals surface area contributed by atoms with Crippen LogP contribution in [0.2, 0.25) is 0 Å². The summed E-state index contributed by atoms with van der Waals surface area (Å²) in [5.74, 6) is -1.16. The van der Waals surface area contributed by atoms with E-state index in [9.17, 15) is 24.3 Å². The van der Waals surface area contributed by atoms with Crippen molar-refractivity contribution >= 4 is 35.3 Å². The second-order valence-electron chi connectivity index (χ2n) is 6.20. The minimum atomic E-state index is -0.654. The molecule has 2 atom stereocenters. The maximum Gasteiger partial charge on any atom is 0.236 e. The van der Waals surface area contributed by atoms with Gasteiger partial charge in [0.05, 0.1) is 18.3 Å². The number of rotatable bonds is 11. The first kappa shape index (κ1) is 22.5. The molecule has 3 amide bonds. The van der Waals surface area contributed by atoms with Gasteiger partial charge >= 0.3 is 0 Å². The van der Waals surface area contributed by atoms with Gasteiger partial charge < -0.3 is 21.5 Å². The molecule has 5 N–H and O–H groups in total. The summed E-state index contributed by atoms with van der Waals surface area (Å²) in [5, 5.41) is 14.4. The number of nitrogens with one attached hydrogen (secondary N) is 2. The summed E-state index contributed by atoms with van der Waals surface area (Å²) in [6.45, 7) is 2.87. The maximum atomic E-state index is 12.1. The van der Waals surface area contributed by atoms with Crippen LogP contribution in [0.3, 0.4) is 0 Å². The Morgan fingerprint density at radius 3 is 2.37 bits per heavy atom. The molecule has 0 radical (unpaired) electrons. The summed E-state index contributed by atoms with van der Waals surface area (Å²) in [5.41, 5.74) is 5.78. The average Bonchev–Trinajstić information content (AvgIpc) is 2.60.